The maximum absolute atomic E-state index is 12.8. The van der Waals surface area contributed by atoms with E-state index in [-0.39, 0.29) is 26.1 Å². The number of nitrogens with zero attached hydrogens (tertiary/aromatic N) is 1. The third-order valence-corrected chi connectivity index (χ3v) is 13.3. The van der Waals surface area contributed by atoms with Crippen LogP contribution in [-0.2, 0) is 32.7 Å². The molecule has 0 saturated carbocycles. The van der Waals surface area contributed by atoms with Crippen molar-refractivity contribution in [2.45, 2.75) is 225 Å². The fourth-order valence-corrected chi connectivity index (χ4v) is 8.47. The third kappa shape index (κ3) is 61.1. The van der Waals surface area contributed by atoms with Crippen molar-refractivity contribution in [1.29, 1.82) is 0 Å². The van der Waals surface area contributed by atoms with Crippen molar-refractivity contribution in [3.05, 3.63) is 146 Å². The average molecular weight is 1100 g/mol. The molecule has 442 valence electrons. The first kappa shape index (κ1) is 73.9. The standard InChI is InChI=1S/C68H112NO8P/c1-6-8-10-12-14-16-18-20-22-24-26-28-29-30-31-32-33-34-35-36-37-38-39-41-43-45-47-49-51-53-55-57-59-61-68(71)77-66(65-76-78(72,73)75-63-62-69(3,4)5)64-74-67(70)60-58-56-54-52-50-48-46-44-42-40-27-25-23-21-19-17-15-13-11-9-7-2/h8-11,14-17,20-23,26-28,30-31,33-34,36-37,40,44,46,66H,6-7,12-13,18-19,24-25,29,32,35,38-39,41-43,45,47-65H2,1-5H3/p+1/b10-8-,11-9-,16-14-,17-15-,22-20-,23-21-,28-26-,31-30-,34-33-,37-36-,40-27-,46-44-. The molecule has 0 spiro atoms. The SMILES string of the molecule is CC/C=C\C/C=C\C/C=C\C/C=C\C/C=C\C/C=C\C/C=C\CCCCCCCCCCCCCC(=O)OC(COC(=O)CCCCCCC/C=C\C/C=C\C/C=C\C/C=C\C/C=C\CC)COP(=O)(O)OCC[N+](C)(C)C. The highest BCUT2D eigenvalue weighted by Crippen LogP contribution is 2.43. The monoisotopic (exact) mass is 1100 g/mol. The van der Waals surface area contributed by atoms with Crippen LogP contribution in [0.1, 0.15) is 219 Å². The van der Waals surface area contributed by atoms with E-state index in [1.165, 1.54) is 44.9 Å². The summed E-state index contributed by atoms with van der Waals surface area (Å²) in [6.45, 7) is 4.16. The molecule has 9 nitrogen and oxygen atoms in total. The highest BCUT2D eigenvalue weighted by atomic mass is 31.2. The Hall–Kier alpha value is -4.11. The van der Waals surface area contributed by atoms with Crippen LogP contribution in [0.15, 0.2) is 146 Å². The van der Waals surface area contributed by atoms with Crippen LogP contribution in [0, 0.1) is 0 Å². The van der Waals surface area contributed by atoms with E-state index >= 15 is 0 Å². The number of hydrogen-bond donors (Lipinski definition) is 1. The van der Waals surface area contributed by atoms with Crippen molar-refractivity contribution in [1.82, 2.24) is 0 Å². The summed E-state index contributed by atoms with van der Waals surface area (Å²) in [5.41, 5.74) is 0. The number of phosphoric ester groups is 1. The van der Waals surface area contributed by atoms with Gasteiger partial charge in [0.25, 0.3) is 0 Å². The zero-order valence-corrected chi connectivity index (χ0v) is 51.0. The molecule has 0 amide bonds. The number of likely N-dealkylation sites (N-methyl/N-ethyl adjacent to an activating group) is 1. The van der Waals surface area contributed by atoms with Gasteiger partial charge in [0.1, 0.15) is 19.8 Å². The lowest BCUT2D eigenvalue weighted by Crippen LogP contribution is -2.37. The lowest BCUT2D eigenvalue weighted by Gasteiger charge is -2.24. The Morgan fingerprint density at radius 2 is 0.692 bits per heavy atom. The van der Waals surface area contributed by atoms with E-state index in [1.807, 2.05) is 21.1 Å². The molecule has 10 heteroatoms. The van der Waals surface area contributed by atoms with Gasteiger partial charge in [0.2, 0.25) is 0 Å². The number of unbranched alkanes of at least 4 members (excludes halogenated alkanes) is 16. The van der Waals surface area contributed by atoms with E-state index < -0.39 is 32.5 Å². The molecule has 0 aliphatic carbocycles. The molecule has 0 aliphatic heterocycles. The summed E-state index contributed by atoms with van der Waals surface area (Å²) in [7, 11) is 1.44. The molecule has 0 aliphatic rings. The van der Waals surface area contributed by atoms with Crippen LogP contribution in [-0.4, -0.2) is 74.9 Å². The molecule has 1 N–H and O–H groups in total. The fraction of sp³-hybridized carbons (Fsp3) is 0.618. The van der Waals surface area contributed by atoms with E-state index in [1.54, 1.807) is 0 Å². The average Bonchev–Trinajstić information content (AvgIpc) is 3.41. The molecule has 0 aromatic carbocycles. The number of hydrogen-bond acceptors (Lipinski definition) is 7. The van der Waals surface area contributed by atoms with E-state index in [2.05, 4.69) is 160 Å². The molecule has 0 rings (SSSR count). The molecule has 0 radical (unpaired) electrons. The Balaban J connectivity index is 4.19. The molecule has 0 saturated heterocycles. The van der Waals surface area contributed by atoms with Gasteiger partial charge < -0.3 is 18.9 Å². The zero-order chi connectivity index (χ0) is 57.0. The van der Waals surface area contributed by atoms with Crippen molar-refractivity contribution in [2.24, 2.45) is 0 Å². The van der Waals surface area contributed by atoms with Crippen LogP contribution in [0.5, 0.6) is 0 Å². The first-order valence-electron chi connectivity index (χ1n) is 30.6. The quantitative estimate of drug-likeness (QED) is 0.0211. The number of esters is 2. The van der Waals surface area contributed by atoms with Gasteiger partial charge in [-0.25, -0.2) is 4.57 Å². The summed E-state index contributed by atoms with van der Waals surface area (Å²) in [5.74, 6) is -0.832. The maximum atomic E-state index is 12.8. The molecule has 0 aromatic rings. The minimum atomic E-state index is -4.40. The topological polar surface area (TPSA) is 108 Å². The van der Waals surface area contributed by atoms with Gasteiger partial charge in [0.15, 0.2) is 6.10 Å². The van der Waals surface area contributed by atoms with Gasteiger partial charge in [-0.15, -0.1) is 0 Å². The largest absolute Gasteiger partial charge is 0.472 e. The number of phosphoric acid groups is 1. The summed E-state index contributed by atoms with van der Waals surface area (Å²) in [5, 5.41) is 0. The van der Waals surface area contributed by atoms with E-state index in [9.17, 15) is 19.0 Å². The first-order chi connectivity index (χ1) is 38.0. The molecule has 78 heavy (non-hydrogen) atoms. The van der Waals surface area contributed by atoms with Gasteiger partial charge in [-0.2, -0.15) is 0 Å². The summed E-state index contributed by atoms with van der Waals surface area (Å²) in [6.07, 6.45) is 84.9. The molecule has 0 aromatic heterocycles. The lowest BCUT2D eigenvalue weighted by molar-refractivity contribution is -0.870. The summed E-state index contributed by atoms with van der Waals surface area (Å²) in [6, 6.07) is 0. The predicted octanol–water partition coefficient (Wildman–Crippen LogP) is 19.5. The van der Waals surface area contributed by atoms with E-state index in [0.29, 0.717) is 23.9 Å². The Kier molecular flexibility index (Phi) is 54.5. The van der Waals surface area contributed by atoms with Gasteiger partial charge in [0, 0.05) is 12.8 Å². The van der Waals surface area contributed by atoms with Gasteiger partial charge in [-0.05, 0) is 116 Å². The van der Waals surface area contributed by atoms with Crippen LogP contribution in [0.25, 0.3) is 0 Å². The normalized spacial score (nSPS) is 14.3. The Morgan fingerprint density at radius 3 is 1.03 bits per heavy atom. The number of allylic oxidation sites excluding steroid dienone is 24. The van der Waals surface area contributed by atoms with Gasteiger partial charge in [-0.1, -0.05) is 237 Å². The summed E-state index contributed by atoms with van der Waals surface area (Å²) < 4.78 is 34.6. The smallest absolute Gasteiger partial charge is 0.462 e. The Bertz CT molecular complexity index is 1820. The van der Waals surface area contributed by atoms with Gasteiger partial charge >= 0.3 is 19.8 Å². The van der Waals surface area contributed by atoms with Crippen molar-refractivity contribution in [3.63, 3.8) is 0 Å². The van der Waals surface area contributed by atoms with E-state index in [4.69, 9.17) is 18.5 Å². The lowest BCUT2D eigenvalue weighted by atomic mass is 10.0. The third-order valence-electron chi connectivity index (χ3n) is 12.4. The van der Waals surface area contributed by atoms with Crippen LogP contribution in [0.4, 0.5) is 0 Å². The number of carbonyl (C=O) groups is 2. The van der Waals surface area contributed by atoms with Crippen molar-refractivity contribution >= 4 is 19.8 Å². The molecule has 0 bridgehead atoms. The van der Waals surface area contributed by atoms with Crippen molar-refractivity contribution in [2.75, 3.05) is 47.5 Å². The second-order valence-electron chi connectivity index (χ2n) is 21.0. The van der Waals surface area contributed by atoms with Gasteiger partial charge in [-0.3, -0.25) is 18.6 Å². The van der Waals surface area contributed by atoms with Gasteiger partial charge in [0.05, 0.1) is 27.7 Å². The number of quaternary nitrogens is 1. The van der Waals surface area contributed by atoms with Crippen molar-refractivity contribution < 1.29 is 42.1 Å². The van der Waals surface area contributed by atoms with Crippen LogP contribution in [0.2, 0.25) is 0 Å². The number of ether oxygens (including phenoxy) is 2. The predicted molar refractivity (Wildman–Crippen MR) is 334 cm³/mol. The molecule has 0 heterocycles. The number of carbonyl (C=O) groups excluding carboxylic acids is 2. The molecule has 2 atom stereocenters. The summed E-state index contributed by atoms with van der Waals surface area (Å²) >= 11 is 0. The van der Waals surface area contributed by atoms with Crippen LogP contribution < -0.4 is 0 Å². The van der Waals surface area contributed by atoms with E-state index in [0.717, 1.165) is 135 Å². The summed E-state index contributed by atoms with van der Waals surface area (Å²) in [4.78, 5) is 35.7. The molecular formula is C68H113NO8P+. The molecular weight excluding hydrogens is 990 g/mol. The highest BCUT2D eigenvalue weighted by Gasteiger charge is 2.27. The Morgan fingerprint density at radius 1 is 0.397 bits per heavy atom. The maximum Gasteiger partial charge on any atom is 0.472 e. The number of rotatable bonds is 54. The minimum absolute atomic E-state index is 0.0197. The first-order valence-corrected chi connectivity index (χ1v) is 32.1. The van der Waals surface area contributed by atoms with Crippen molar-refractivity contribution in [3.8, 4) is 0 Å². The Labute approximate surface area is 478 Å². The molecule has 0 fully saturated rings. The zero-order valence-electron chi connectivity index (χ0n) is 50.1. The second-order valence-corrected chi connectivity index (χ2v) is 22.4. The highest BCUT2D eigenvalue weighted by molar-refractivity contribution is 7.47. The van der Waals surface area contributed by atoms with Crippen LogP contribution in [0.3, 0.4) is 0 Å². The minimum Gasteiger partial charge on any atom is -0.462 e. The fourth-order valence-electron chi connectivity index (χ4n) is 7.73. The van der Waals surface area contributed by atoms with Crippen LogP contribution >= 0.6 is 7.82 Å². The second kappa shape index (κ2) is 57.6. The molecule has 2 unspecified atom stereocenters.